The zero-order valence-electron chi connectivity index (χ0n) is 23.5. The third-order valence-electron chi connectivity index (χ3n) is 8.15. The van der Waals surface area contributed by atoms with Gasteiger partial charge in [-0.3, -0.25) is 4.90 Å². The molecule has 39 heavy (non-hydrogen) atoms. The Balaban J connectivity index is 1.26. The lowest BCUT2D eigenvalue weighted by Crippen LogP contribution is -2.54. The average Bonchev–Trinajstić information content (AvgIpc) is 3.50. The minimum atomic E-state index is -0.318. The van der Waals surface area contributed by atoms with Gasteiger partial charge in [-0.2, -0.15) is 4.98 Å². The molecule has 1 aliphatic carbocycles. The Labute approximate surface area is 231 Å². The molecule has 0 saturated carbocycles. The normalized spacial score (nSPS) is 20.5. The Morgan fingerprint density at radius 2 is 1.77 bits per heavy atom. The van der Waals surface area contributed by atoms with E-state index in [0.29, 0.717) is 11.7 Å². The number of rotatable bonds is 6. The van der Waals surface area contributed by atoms with E-state index in [1.807, 2.05) is 39.0 Å². The summed E-state index contributed by atoms with van der Waals surface area (Å²) in [6.07, 6.45) is 3.17. The van der Waals surface area contributed by atoms with Gasteiger partial charge in [-0.05, 0) is 100 Å². The molecule has 0 bridgehead atoms. The fraction of sp³-hybridized carbons (Fsp3) is 0.394. The molecule has 3 aromatic carbocycles. The van der Waals surface area contributed by atoms with Crippen molar-refractivity contribution in [3.63, 3.8) is 0 Å². The van der Waals surface area contributed by atoms with E-state index in [9.17, 15) is 0 Å². The molecule has 4 aromatic rings. The quantitative estimate of drug-likeness (QED) is 0.271. The Morgan fingerprint density at radius 1 is 0.974 bits per heavy atom. The van der Waals surface area contributed by atoms with Crippen LogP contribution in [0.1, 0.15) is 56.4 Å². The Hall–Kier alpha value is -3.48. The summed E-state index contributed by atoms with van der Waals surface area (Å²) in [5.41, 5.74) is 6.61. The van der Waals surface area contributed by atoms with Gasteiger partial charge >= 0.3 is 0 Å². The summed E-state index contributed by atoms with van der Waals surface area (Å²) in [4.78, 5) is 7.34. The predicted octanol–water partition coefficient (Wildman–Crippen LogP) is 7.00. The molecular weight excluding hydrogens is 486 g/mol. The monoisotopic (exact) mass is 523 g/mol. The van der Waals surface area contributed by atoms with Crippen LogP contribution < -0.4 is 4.74 Å². The summed E-state index contributed by atoms with van der Waals surface area (Å²) in [6.45, 7) is 12.1. The van der Waals surface area contributed by atoms with Crippen LogP contribution in [0.5, 0.6) is 5.75 Å². The Morgan fingerprint density at radius 3 is 2.54 bits per heavy atom. The summed E-state index contributed by atoms with van der Waals surface area (Å²) < 4.78 is 18.0. The summed E-state index contributed by atoms with van der Waals surface area (Å²) in [6, 6.07) is 23.3. The molecule has 0 amide bonds. The van der Waals surface area contributed by atoms with Crippen LogP contribution in [0.15, 0.2) is 71.3 Å². The molecule has 1 aromatic heterocycles. The molecule has 6 nitrogen and oxygen atoms in total. The lowest BCUT2D eigenvalue weighted by Gasteiger charge is -2.45. The second kappa shape index (κ2) is 9.92. The molecule has 1 aliphatic heterocycles. The van der Waals surface area contributed by atoms with E-state index in [0.717, 1.165) is 54.9 Å². The molecule has 0 N–H and O–H groups in total. The van der Waals surface area contributed by atoms with Gasteiger partial charge in [0.25, 0.3) is 5.89 Å². The van der Waals surface area contributed by atoms with Gasteiger partial charge in [0.05, 0.1) is 18.2 Å². The van der Waals surface area contributed by atoms with E-state index in [1.54, 1.807) is 0 Å². The van der Waals surface area contributed by atoms with Gasteiger partial charge in [-0.25, -0.2) is 0 Å². The summed E-state index contributed by atoms with van der Waals surface area (Å²) in [5.74, 6) is 1.99. The highest BCUT2D eigenvalue weighted by molar-refractivity contribution is 5.63. The van der Waals surface area contributed by atoms with Crippen molar-refractivity contribution in [3.8, 4) is 28.6 Å². The molecule has 1 saturated heterocycles. The predicted molar refractivity (Wildman–Crippen MR) is 152 cm³/mol. The third kappa shape index (κ3) is 4.99. The molecule has 1 unspecified atom stereocenters. The van der Waals surface area contributed by atoms with Crippen LogP contribution in [0.3, 0.4) is 0 Å². The molecule has 6 rings (SSSR count). The van der Waals surface area contributed by atoms with Crippen molar-refractivity contribution in [1.82, 2.24) is 15.0 Å². The van der Waals surface area contributed by atoms with Crippen LogP contribution in [0.2, 0.25) is 0 Å². The van der Waals surface area contributed by atoms with Crippen molar-refractivity contribution in [3.05, 3.63) is 89.0 Å². The molecule has 1 atom stereocenters. The number of nitrogens with zero attached hydrogens (tertiary/aromatic N) is 3. The number of hydrogen-bond acceptors (Lipinski definition) is 6. The van der Waals surface area contributed by atoms with Crippen LogP contribution in [-0.4, -0.2) is 39.0 Å². The molecule has 0 radical (unpaired) electrons. The first-order chi connectivity index (χ1) is 18.7. The van der Waals surface area contributed by atoms with Crippen molar-refractivity contribution in [1.29, 1.82) is 0 Å². The van der Waals surface area contributed by atoms with Gasteiger partial charge in [0.2, 0.25) is 5.82 Å². The first-order valence-corrected chi connectivity index (χ1v) is 13.9. The van der Waals surface area contributed by atoms with E-state index < -0.39 is 0 Å². The zero-order chi connectivity index (χ0) is 27.2. The smallest absolute Gasteiger partial charge is 0.258 e. The second-order valence-corrected chi connectivity index (χ2v) is 11.8. The van der Waals surface area contributed by atoms with Gasteiger partial charge in [0, 0.05) is 17.7 Å². The van der Waals surface area contributed by atoms with Crippen molar-refractivity contribution in [2.75, 3.05) is 6.61 Å². The van der Waals surface area contributed by atoms with E-state index >= 15 is 0 Å². The van der Waals surface area contributed by atoms with Gasteiger partial charge < -0.3 is 14.0 Å². The number of benzene rings is 3. The SMILES string of the molecule is Cc1cc(-c2nc(-c3ccc4c(c3)CC3(CC4)COC(C)(C)N3Cc3ccccc3)no2)ccc1OC(C)C. The molecule has 2 heterocycles. The Kier molecular flexibility index (Phi) is 6.56. The standard InChI is InChI=1S/C33H37N3O3/c1-22(2)38-29-14-13-27(17-23(29)3)31-34-30(35-39-31)26-12-11-25-15-16-33(19-28(25)18-26)21-37-32(4,5)36(33)20-24-9-7-6-8-10-24/h6-14,17-18,22H,15-16,19-21H2,1-5H3. The lowest BCUT2D eigenvalue weighted by atomic mass is 9.76. The fourth-order valence-electron chi connectivity index (χ4n) is 6.13. The molecule has 1 spiro atoms. The molecule has 6 heteroatoms. The summed E-state index contributed by atoms with van der Waals surface area (Å²) in [7, 11) is 0. The van der Waals surface area contributed by atoms with Gasteiger partial charge in [0.15, 0.2) is 0 Å². The van der Waals surface area contributed by atoms with Crippen LogP contribution in [0, 0.1) is 6.92 Å². The minimum absolute atomic E-state index is 0.0370. The highest BCUT2D eigenvalue weighted by Crippen LogP contribution is 2.44. The molecule has 1 fully saturated rings. The number of aromatic nitrogens is 2. The van der Waals surface area contributed by atoms with Crippen LogP contribution in [-0.2, 0) is 24.1 Å². The maximum Gasteiger partial charge on any atom is 0.258 e. The van der Waals surface area contributed by atoms with E-state index in [2.05, 4.69) is 72.4 Å². The molecular formula is C33H37N3O3. The first-order valence-electron chi connectivity index (χ1n) is 13.9. The number of aryl methyl sites for hydroxylation is 2. The molecule has 2 aliphatic rings. The van der Waals surface area contributed by atoms with Crippen LogP contribution in [0.25, 0.3) is 22.8 Å². The van der Waals surface area contributed by atoms with Crippen molar-refractivity contribution in [2.24, 2.45) is 0 Å². The van der Waals surface area contributed by atoms with E-state index in [-0.39, 0.29) is 17.4 Å². The Bertz CT molecular complexity index is 1480. The largest absolute Gasteiger partial charge is 0.491 e. The van der Waals surface area contributed by atoms with Gasteiger partial charge in [-0.15, -0.1) is 0 Å². The maximum absolute atomic E-state index is 6.42. The fourth-order valence-corrected chi connectivity index (χ4v) is 6.13. The molecule has 202 valence electrons. The third-order valence-corrected chi connectivity index (χ3v) is 8.15. The number of ether oxygens (including phenoxy) is 2. The average molecular weight is 524 g/mol. The highest BCUT2D eigenvalue weighted by Gasteiger charge is 2.52. The van der Waals surface area contributed by atoms with Crippen LogP contribution in [0.4, 0.5) is 0 Å². The van der Waals surface area contributed by atoms with Crippen LogP contribution >= 0.6 is 0 Å². The zero-order valence-corrected chi connectivity index (χ0v) is 23.5. The number of hydrogen-bond donors (Lipinski definition) is 0. The first kappa shape index (κ1) is 25.8. The van der Waals surface area contributed by atoms with Crippen molar-refractivity contribution in [2.45, 2.75) is 77.8 Å². The van der Waals surface area contributed by atoms with Crippen molar-refractivity contribution >= 4 is 0 Å². The van der Waals surface area contributed by atoms with E-state index in [4.69, 9.17) is 19.0 Å². The second-order valence-electron chi connectivity index (χ2n) is 11.8. The van der Waals surface area contributed by atoms with Crippen molar-refractivity contribution < 1.29 is 14.0 Å². The van der Waals surface area contributed by atoms with E-state index in [1.165, 1.54) is 16.7 Å². The summed E-state index contributed by atoms with van der Waals surface area (Å²) >= 11 is 0. The van der Waals surface area contributed by atoms with Gasteiger partial charge in [-0.1, -0.05) is 47.6 Å². The highest BCUT2D eigenvalue weighted by atomic mass is 16.5. The van der Waals surface area contributed by atoms with Gasteiger partial charge in [0.1, 0.15) is 11.5 Å². The lowest BCUT2D eigenvalue weighted by molar-refractivity contribution is -0.0673. The maximum atomic E-state index is 6.42. The summed E-state index contributed by atoms with van der Waals surface area (Å²) in [5, 5.41) is 4.34. The topological polar surface area (TPSA) is 60.6 Å². The number of fused-ring (bicyclic) bond motifs is 1. The minimum Gasteiger partial charge on any atom is -0.491 e.